The Hall–Kier alpha value is -2.18. The van der Waals surface area contributed by atoms with E-state index in [9.17, 15) is 4.79 Å². The molecular weight excluding hydrogens is 422 g/mol. The van der Waals surface area contributed by atoms with Crippen molar-refractivity contribution in [1.82, 2.24) is 4.90 Å². The van der Waals surface area contributed by atoms with Crippen LogP contribution in [0.1, 0.15) is 50.6 Å². The number of carbonyl (C=O) groups is 1. The fourth-order valence-corrected chi connectivity index (χ4v) is 7.00. The number of hydrogen-bond donors (Lipinski definition) is 0. The van der Waals surface area contributed by atoms with Crippen LogP contribution >= 0.6 is 23.5 Å². The number of aliphatic imine (C=N–C) groups is 1. The van der Waals surface area contributed by atoms with Crippen LogP contribution in [0.25, 0.3) is 0 Å². The van der Waals surface area contributed by atoms with E-state index in [1.54, 1.807) is 23.5 Å². The second kappa shape index (κ2) is 8.75. The van der Waals surface area contributed by atoms with E-state index in [4.69, 9.17) is 4.99 Å². The molecule has 0 aromatic heterocycles. The first-order valence-electron chi connectivity index (χ1n) is 11.0. The summed E-state index contributed by atoms with van der Waals surface area (Å²) in [7, 11) is 2.06. The van der Waals surface area contributed by atoms with Gasteiger partial charge in [-0.25, -0.2) is 0 Å². The molecule has 1 aliphatic carbocycles. The molecule has 2 aromatic carbocycles. The molecule has 1 atom stereocenters. The molecule has 0 bridgehead atoms. The summed E-state index contributed by atoms with van der Waals surface area (Å²) >= 11 is 3.25. The number of amidine groups is 1. The number of anilines is 1. The molecule has 3 aliphatic rings. The van der Waals surface area contributed by atoms with Crippen molar-refractivity contribution in [3.63, 3.8) is 0 Å². The molecular formula is C25H27N3OS2. The van der Waals surface area contributed by atoms with Crippen molar-refractivity contribution in [3.8, 4) is 0 Å². The molecule has 0 N–H and O–H groups in total. The Balaban J connectivity index is 1.52. The summed E-state index contributed by atoms with van der Waals surface area (Å²) in [6, 6.07) is 19.0. The monoisotopic (exact) mass is 449 g/mol. The Kier molecular flexibility index (Phi) is 5.85. The van der Waals surface area contributed by atoms with Gasteiger partial charge in [-0.2, -0.15) is 0 Å². The molecule has 2 aromatic rings. The summed E-state index contributed by atoms with van der Waals surface area (Å²) in [5.74, 6) is 0.123. The van der Waals surface area contributed by atoms with Gasteiger partial charge in [0, 0.05) is 18.0 Å². The smallest absolute Gasteiger partial charge is 0.269 e. The lowest BCUT2D eigenvalue weighted by molar-refractivity contribution is -0.124. The molecule has 1 saturated heterocycles. The summed E-state index contributed by atoms with van der Waals surface area (Å²) in [6.07, 6.45) is 5.77. The van der Waals surface area contributed by atoms with Gasteiger partial charge in [0.2, 0.25) is 0 Å². The van der Waals surface area contributed by atoms with Crippen LogP contribution in [0, 0.1) is 0 Å². The Labute approximate surface area is 192 Å². The Bertz CT molecular complexity index is 1040. The van der Waals surface area contributed by atoms with E-state index in [0.717, 1.165) is 33.6 Å². The average Bonchev–Trinajstić information content (AvgIpc) is 3.31. The third-order valence-electron chi connectivity index (χ3n) is 6.27. The zero-order valence-electron chi connectivity index (χ0n) is 18.0. The van der Waals surface area contributed by atoms with Crippen LogP contribution < -0.4 is 4.90 Å². The average molecular weight is 450 g/mol. The highest BCUT2D eigenvalue weighted by Crippen LogP contribution is 2.50. The molecule has 160 valence electrons. The molecule has 1 saturated carbocycles. The van der Waals surface area contributed by atoms with Crippen LogP contribution in [0.5, 0.6) is 0 Å². The fraction of sp³-hybridized carbons (Fsp3) is 0.360. The van der Waals surface area contributed by atoms with E-state index >= 15 is 0 Å². The molecule has 2 fully saturated rings. The standard InChI is InChI=1S/C25H27N3OS2/c1-17(18-11-5-3-6-12-18)26-25-28(19-13-7-4-8-14-19)23(29)22(31-25)24-27(2)20-15-9-10-16-21(20)30-24/h3,5-6,9-12,15-17,19H,4,7-8,13-14H2,1-2H3/b24-22-,26-25?/t17-/m0/s1. The molecule has 0 spiro atoms. The van der Waals surface area contributed by atoms with Crippen LogP contribution in [0.15, 0.2) is 74.4 Å². The lowest BCUT2D eigenvalue weighted by Crippen LogP contribution is -2.40. The maximum absolute atomic E-state index is 13.7. The van der Waals surface area contributed by atoms with Crippen LogP contribution in [-0.4, -0.2) is 29.1 Å². The topological polar surface area (TPSA) is 35.9 Å². The Morgan fingerprint density at radius 3 is 2.42 bits per heavy atom. The van der Waals surface area contributed by atoms with E-state index in [0.29, 0.717) is 0 Å². The van der Waals surface area contributed by atoms with Crippen molar-refractivity contribution < 1.29 is 4.79 Å². The highest BCUT2D eigenvalue weighted by atomic mass is 32.2. The summed E-state index contributed by atoms with van der Waals surface area (Å²) in [5.41, 5.74) is 2.34. The number of fused-ring (bicyclic) bond motifs is 1. The van der Waals surface area contributed by atoms with Crippen molar-refractivity contribution in [2.45, 2.75) is 56.0 Å². The number of benzene rings is 2. The van der Waals surface area contributed by atoms with Gasteiger partial charge in [-0.1, -0.05) is 73.5 Å². The number of thioether (sulfide) groups is 2. The minimum absolute atomic E-state index is 0.0121. The minimum Gasteiger partial charge on any atom is -0.337 e. The molecule has 6 heteroatoms. The normalized spacial score (nSPS) is 24.2. The number of amides is 1. The third-order valence-corrected chi connectivity index (χ3v) is 8.69. The highest BCUT2D eigenvalue weighted by Gasteiger charge is 2.42. The van der Waals surface area contributed by atoms with Crippen LogP contribution in [0.4, 0.5) is 5.69 Å². The lowest BCUT2D eigenvalue weighted by atomic mass is 9.94. The molecule has 31 heavy (non-hydrogen) atoms. The summed E-state index contributed by atoms with van der Waals surface area (Å²) < 4.78 is 0. The zero-order chi connectivity index (χ0) is 21.4. The summed E-state index contributed by atoms with van der Waals surface area (Å²) in [6.45, 7) is 2.11. The van der Waals surface area contributed by atoms with Crippen LogP contribution in [0.3, 0.4) is 0 Å². The highest BCUT2D eigenvalue weighted by molar-refractivity contribution is 8.19. The predicted octanol–water partition coefficient (Wildman–Crippen LogP) is 6.42. The van der Waals surface area contributed by atoms with Gasteiger partial charge >= 0.3 is 0 Å². The third kappa shape index (κ3) is 3.92. The number of hydrogen-bond acceptors (Lipinski definition) is 5. The van der Waals surface area contributed by atoms with Gasteiger partial charge in [-0.3, -0.25) is 14.7 Å². The molecule has 2 heterocycles. The second-order valence-corrected chi connectivity index (χ2v) is 10.3. The first-order valence-corrected chi connectivity index (χ1v) is 12.7. The van der Waals surface area contributed by atoms with Crippen molar-refractivity contribution in [2.75, 3.05) is 11.9 Å². The van der Waals surface area contributed by atoms with Gasteiger partial charge in [0.1, 0.15) is 4.91 Å². The molecule has 0 unspecified atom stereocenters. The Morgan fingerprint density at radius 2 is 1.68 bits per heavy atom. The van der Waals surface area contributed by atoms with Gasteiger partial charge in [0.25, 0.3) is 5.91 Å². The molecule has 0 radical (unpaired) electrons. The predicted molar refractivity (Wildman–Crippen MR) is 131 cm³/mol. The minimum atomic E-state index is 0.0121. The summed E-state index contributed by atoms with van der Waals surface area (Å²) in [4.78, 5) is 25.0. The number of carbonyl (C=O) groups excluding carboxylic acids is 1. The second-order valence-electron chi connectivity index (χ2n) is 8.33. The van der Waals surface area contributed by atoms with Crippen LogP contribution in [0.2, 0.25) is 0 Å². The summed E-state index contributed by atoms with van der Waals surface area (Å²) in [5, 5.41) is 1.88. The van der Waals surface area contributed by atoms with Gasteiger partial charge in [-0.05, 0) is 49.2 Å². The van der Waals surface area contributed by atoms with Crippen molar-refractivity contribution in [3.05, 3.63) is 70.1 Å². The molecule has 4 nitrogen and oxygen atoms in total. The number of para-hydroxylation sites is 1. The molecule has 2 aliphatic heterocycles. The number of rotatable bonds is 3. The van der Waals surface area contributed by atoms with Gasteiger partial charge in [0.15, 0.2) is 5.17 Å². The largest absolute Gasteiger partial charge is 0.337 e. The maximum Gasteiger partial charge on any atom is 0.269 e. The first kappa shape index (κ1) is 20.7. The van der Waals surface area contributed by atoms with Crippen molar-refractivity contribution in [1.29, 1.82) is 0 Å². The first-order chi connectivity index (χ1) is 15.1. The molecule has 5 rings (SSSR count). The van der Waals surface area contributed by atoms with E-state index in [1.165, 1.54) is 29.7 Å². The lowest BCUT2D eigenvalue weighted by Gasteiger charge is -2.30. The van der Waals surface area contributed by atoms with E-state index in [-0.39, 0.29) is 18.0 Å². The number of nitrogens with zero attached hydrogens (tertiary/aromatic N) is 3. The van der Waals surface area contributed by atoms with Crippen molar-refractivity contribution >= 4 is 40.3 Å². The van der Waals surface area contributed by atoms with E-state index < -0.39 is 0 Å². The SMILES string of the molecule is C[C@H](N=C1S/C(=C2\Sc3ccccc3N2C)C(=O)N1C1CCCCC1)c1ccccc1. The van der Waals surface area contributed by atoms with E-state index in [2.05, 4.69) is 55.3 Å². The fourth-order valence-electron chi connectivity index (χ4n) is 4.54. The van der Waals surface area contributed by atoms with Gasteiger partial charge in [0.05, 0.1) is 16.8 Å². The van der Waals surface area contributed by atoms with E-state index in [1.807, 2.05) is 23.1 Å². The van der Waals surface area contributed by atoms with Crippen LogP contribution in [-0.2, 0) is 4.79 Å². The maximum atomic E-state index is 13.7. The zero-order valence-corrected chi connectivity index (χ0v) is 19.6. The van der Waals surface area contributed by atoms with Gasteiger partial charge in [-0.15, -0.1) is 0 Å². The quantitative estimate of drug-likeness (QED) is 0.506. The molecule has 1 amide bonds. The Morgan fingerprint density at radius 1 is 0.968 bits per heavy atom. The van der Waals surface area contributed by atoms with Gasteiger partial charge < -0.3 is 4.90 Å². The van der Waals surface area contributed by atoms with Crippen molar-refractivity contribution in [2.24, 2.45) is 4.99 Å².